The predicted molar refractivity (Wildman–Crippen MR) is 101 cm³/mol. The number of hydrogen-bond donors (Lipinski definition) is 1. The fourth-order valence-electron chi connectivity index (χ4n) is 2.95. The van der Waals surface area contributed by atoms with Crippen LogP contribution in [-0.4, -0.2) is 59.8 Å². The van der Waals surface area contributed by atoms with Crippen LogP contribution in [0, 0.1) is 10.1 Å². The van der Waals surface area contributed by atoms with Crippen LogP contribution in [0.5, 0.6) is 5.75 Å². The molecule has 0 unspecified atom stereocenters. The van der Waals surface area contributed by atoms with Gasteiger partial charge in [-0.2, -0.15) is 0 Å². The van der Waals surface area contributed by atoms with Crippen molar-refractivity contribution in [3.63, 3.8) is 0 Å². The van der Waals surface area contributed by atoms with Crippen LogP contribution in [0.25, 0.3) is 0 Å². The molecule has 1 aliphatic heterocycles. The number of halogens is 3. The Morgan fingerprint density at radius 1 is 1.13 bits per heavy atom. The second-order valence-corrected chi connectivity index (χ2v) is 6.52. The first-order valence-corrected chi connectivity index (χ1v) is 8.93. The summed E-state index contributed by atoms with van der Waals surface area (Å²) in [5, 5.41) is 13.3. The van der Waals surface area contributed by atoms with Crippen molar-refractivity contribution in [3.05, 3.63) is 52.7 Å². The van der Waals surface area contributed by atoms with Crippen molar-refractivity contribution < 1.29 is 27.6 Å². The van der Waals surface area contributed by atoms with Crippen molar-refractivity contribution in [2.45, 2.75) is 6.36 Å². The number of pyridine rings is 1. The maximum Gasteiger partial charge on any atom is 0.573 e. The molecule has 2 heterocycles. The van der Waals surface area contributed by atoms with Gasteiger partial charge in [-0.05, 0) is 30.3 Å². The molecule has 0 saturated carbocycles. The Morgan fingerprint density at radius 3 is 2.33 bits per heavy atom. The number of anilines is 2. The van der Waals surface area contributed by atoms with E-state index in [9.17, 15) is 28.1 Å². The number of carbonyl (C=O) groups excluding carboxylic acids is 1. The molecular formula is C18H18F3N5O4. The van der Waals surface area contributed by atoms with Crippen LogP contribution in [0.4, 0.5) is 30.4 Å². The highest BCUT2D eigenvalue weighted by molar-refractivity contribution is 5.92. The highest BCUT2D eigenvalue weighted by atomic mass is 19.4. The van der Waals surface area contributed by atoms with E-state index < -0.39 is 11.3 Å². The average molecular weight is 425 g/mol. The summed E-state index contributed by atoms with van der Waals surface area (Å²) in [5.41, 5.74) is 0.287. The summed E-state index contributed by atoms with van der Waals surface area (Å²) in [7, 11) is 0. The minimum Gasteiger partial charge on any atom is -0.406 e. The predicted octanol–water partition coefficient (Wildman–Crippen LogP) is 2.65. The number of aromatic nitrogens is 1. The van der Waals surface area contributed by atoms with Crippen LogP contribution in [0.2, 0.25) is 0 Å². The van der Waals surface area contributed by atoms with Gasteiger partial charge in [-0.3, -0.25) is 19.8 Å². The molecule has 1 amide bonds. The van der Waals surface area contributed by atoms with Gasteiger partial charge in [0.1, 0.15) is 17.8 Å². The van der Waals surface area contributed by atoms with Crippen LogP contribution in [0.1, 0.15) is 0 Å². The van der Waals surface area contributed by atoms with Crippen molar-refractivity contribution in [2.75, 3.05) is 42.9 Å². The summed E-state index contributed by atoms with van der Waals surface area (Å²) < 4.78 is 40.3. The largest absolute Gasteiger partial charge is 0.573 e. The Hall–Kier alpha value is -3.41. The van der Waals surface area contributed by atoms with E-state index in [1.165, 1.54) is 24.4 Å². The lowest BCUT2D eigenvalue weighted by Crippen LogP contribution is -2.48. The van der Waals surface area contributed by atoms with Crippen molar-refractivity contribution in [1.29, 1.82) is 0 Å². The molecule has 0 bridgehead atoms. The molecule has 0 aliphatic carbocycles. The van der Waals surface area contributed by atoms with Gasteiger partial charge in [-0.25, -0.2) is 4.98 Å². The Bertz CT molecular complexity index is 882. The second kappa shape index (κ2) is 8.95. The molecule has 0 spiro atoms. The van der Waals surface area contributed by atoms with Crippen LogP contribution < -0.4 is 15.0 Å². The number of alkyl halides is 3. The minimum absolute atomic E-state index is 0.0768. The number of nitro groups is 1. The topological polar surface area (TPSA) is 101 Å². The Morgan fingerprint density at radius 2 is 1.80 bits per heavy atom. The number of rotatable bonds is 6. The van der Waals surface area contributed by atoms with E-state index in [1.807, 2.05) is 9.80 Å². The first-order valence-electron chi connectivity index (χ1n) is 8.93. The second-order valence-electron chi connectivity index (χ2n) is 6.52. The number of benzene rings is 1. The van der Waals surface area contributed by atoms with Gasteiger partial charge < -0.3 is 15.0 Å². The zero-order valence-electron chi connectivity index (χ0n) is 15.6. The lowest BCUT2D eigenvalue weighted by atomic mass is 10.2. The number of hydrogen-bond acceptors (Lipinski definition) is 7. The van der Waals surface area contributed by atoms with E-state index in [2.05, 4.69) is 15.0 Å². The van der Waals surface area contributed by atoms with Gasteiger partial charge in [0.15, 0.2) is 0 Å². The van der Waals surface area contributed by atoms with Crippen molar-refractivity contribution >= 4 is 23.1 Å². The molecule has 2 aromatic rings. The van der Waals surface area contributed by atoms with Crippen LogP contribution in [-0.2, 0) is 4.79 Å². The standard InChI is InChI=1S/C18H18F3N5O4/c19-18(20,21)30-15-4-1-13(2-5-15)23-17(27)12-24-7-9-25(10-8-24)16-6-3-14(11-22-16)26(28)29/h1-6,11H,7-10,12H2,(H,23,27). The van der Waals surface area contributed by atoms with Gasteiger partial charge in [0.25, 0.3) is 5.69 Å². The summed E-state index contributed by atoms with van der Waals surface area (Å²) >= 11 is 0. The summed E-state index contributed by atoms with van der Waals surface area (Å²) in [6, 6.07) is 7.90. The highest BCUT2D eigenvalue weighted by Crippen LogP contribution is 2.24. The van der Waals surface area contributed by atoms with Crippen molar-refractivity contribution in [1.82, 2.24) is 9.88 Å². The zero-order chi connectivity index (χ0) is 21.7. The van der Waals surface area contributed by atoms with Gasteiger partial charge >= 0.3 is 6.36 Å². The van der Waals surface area contributed by atoms with Gasteiger partial charge in [0.2, 0.25) is 5.91 Å². The monoisotopic (exact) mass is 425 g/mol. The molecule has 1 aromatic carbocycles. The third kappa shape index (κ3) is 6.04. The fourth-order valence-corrected chi connectivity index (χ4v) is 2.95. The average Bonchev–Trinajstić information content (AvgIpc) is 2.69. The molecule has 1 N–H and O–H groups in total. The maximum atomic E-state index is 12.2. The van der Waals surface area contributed by atoms with Gasteiger partial charge in [0.05, 0.1) is 11.5 Å². The van der Waals surface area contributed by atoms with Gasteiger partial charge in [0, 0.05) is 37.9 Å². The van der Waals surface area contributed by atoms with E-state index in [4.69, 9.17) is 0 Å². The van der Waals surface area contributed by atoms with E-state index in [-0.39, 0.29) is 23.9 Å². The zero-order valence-corrected chi connectivity index (χ0v) is 15.6. The molecule has 30 heavy (non-hydrogen) atoms. The Balaban J connectivity index is 1.45. The maximum absolute atomic E-state index is 12.2. The molecule has 1 aliphatic rings. The summed E-state index contributed by atoms with van der Waals surface area (Å²) in [6.45, 7) is 2.50. The highest BCUT2D eigenvalue weighted by Gasteiger charge is 2.31. The van der Waals surface area contributed by atoms with Crippen molar-refractivity contribution in [3.8, 4) is 5.75 Å². The van der Waals surface area contributed by atoms with E-state index >= 15 is 0 Å². The van der Waals surface area contributed by atoms with Gasteiger partial charge in [-0.1, -0.05) is 0 Å². The summed E-state index contributed by atoms with van der Waals surface area (Å²) in [6.07, 6.45) is -3.56. The molecule has 0 atom stereocenters. The van der Waals surface area contributed by atoms with Gasteiger partial charge in [-0.15, -0.1) is 13.2 Å². The van der Waals surface area contributed by atoms with Crippen LogP contribution in [0.15, 0.2) is 42.6 Å². The molecule has 12 heteroatoms. The third-order valence-electron chi connectivity index (χ3n) is 4.38. The smallest absolute Gasteiger partial charge is 0.406 e. The van der Waals surface area contributed by atoms with E-state index in [0.717, 1.165) is 12.1 Å². The number of nitrogens with one attached hydrogen (secondary N) is 1. The Kier molecular flexibility index (Phi) is 6.35. The normalized spacial score (nSPS) is 15.0. The first-order chi connectivity index (χ1) is 14.2. The van der Waals surface area contributed by atoms with Crippen LogP contribution >= 0.6 is 0 Å². The van der Waals surface area contributed by atoms with Crippen molar-refractivity contribution in [2.24, 2.45) is 0 Å². The molecule has 0 radical (unpaired) electrons. The third-order valence-corrected chi connectivity index (χ3v) is 4.38. The Labute approximate surface area is 169 Å². The molecule has 160 valence electrons. The lowest BCUT2D eigenvalue weighted by molar-refractivity contribution is -0.385. The molecule has 3 rings (SSSR count). The minimum atomic E-state index is -4.77. The number of piperazine rings is 1. The lowest BCUT2D eigenvalue weighted by Gasteiger charge is -2.34. The molecule has 1 saturated heterocycles. The molecule has 1 aromatic heterocycles. The summed E-state index contributed by atoms with van der Waals surface area (Å²) in [4.78, 5) is 30.4. The fraction of sp³-hybridized carbons (Fsp3) is 0.333. The summed E-state index contributed by atoms with van der Waals surface area (Å²) in [5.74, 6) is -0.0243. The van der Waals surface area contributed by atoms with E-state index in [0.29, 0.717) is 37.7 Å². The number of amides is 1. The quantitative estimate of drug-likeness (QED) is 0.561. The molecule has 9 nitrogen and oxygen atoms in total. The molecular weight excluding hydrogens is 407 g/mol. The molecule has 1 fully saturated rings. The first kappa shape index (κ1) is 21.3. The SMILES string of the molecule is O=C(CN1CCN(c2ccc([N+](=O)[O-])cn2)CC1)Nc1ccc(OC(F)(F)F)cc1. The number of carbonyl (C=O) groups is 1. The van der Waals surface area contributed by atoms with Crippen LogP contribution in [0.3, 0.4) is 0 Å². The van der Waals surface area contributed by atoms with E-state index in [1.54, 1.807) is 6.07 Å². The number of nitrogens with zero attached hydrogens (tertiary/aromatic N) is 4. The number of ether oxygens (including phenoxy) is 1.